The van der Waals surface area contributed by atoms with Crippen molar-refractivity contribution in [3.05, 3.63) is 292 Å². The summed E-state index contributed by atoms with van der Waals surface area (Å²) in [5.74, 6) is -11.3. The van der Waals surface area contributed by atoms with Gasteiger partial charge in [0.05, 0.1) is 11.1 Å². The van der Waals surface area contributed by atoms with Crippen LogP contribution >= 0.6 is 22.7 Å². The molecule has 0 saturated carbocycles. The number of benzene rings is 6. The number of thiophene rings is 2. The molecule has 14 rings (SSSR count). The number of ether oxygens (including phenoxy) is 6. The Labute approximate surface area is 548 Å². The zero-order chi connectivity index (χ0) is 67.0. The average Bonchev–Trinajstić information content (AvgIpc) is 1.30. The first kappa shape index (κ1) is 62.4. The number of allylic oxidation sites excluding steroid dienone is 8. The Morgan fingerprint density at radius 2 is 0.719 bits per heavy atom. The summed E-state index contributed by atoms with van der Waals surface area (Å²) in [7, 11) is 0. The van der Waals surface area contributed by atoms with Gasteiger partial charge in [0.2, 0.25) is 23.1 Å². The first-order chi connectivity index (χ1) is 46.1. The second kappa shape index (κ2) is 24.0. The van der Waals surface area contributed by atoms with Crippen molar-refractivity contribution in [2.75, 3.05) is 0 Å². The fourth-order valence-electron chi connectivity index (χ4n) is 12.2. The molecule has 2 aliphatic heterocycles. The molecule has 0 amide bonds. The van der Waals surface area contributed by atoms with Crippen LogP contribution < -0.4 is 0 Å². The molecule has 0 saturated heterocycles. The lowest BCUT2D eigenvalue weighted by Crippen LogP contribution is -2.51. The van der Waals surface area contributed by atoms with Crippen molar-refractivity contribution in [1.29, 1.82) is 0 Å². The van der Waals surface area contributed by atoms with Gasteiger partial charge in [0.25, 0.3) is 0 Å². The van der Waals surface area contributed by atoms with Crippen molar-refractivity contribution in [2.45, 2.75) is 50.0 Å². The van der Waals surface area contributed by atoms with Crippen molar-refractivity contribution < 1.29 is 93.1 Å². The average molecular weight is 1340 g/mol. The van der Waals surface area contributed by atoms with E-state index in [0.717, 1.165) is 34.8 Å². The Kier molecular flexibility index (Phi) is 15.6. The number of rotatable bonds is 14. The SMILES string of the molecule is O=C1C(=O)c2ccc(C(F)(F)F)cc2/C1=C/c1cc2c(s1)C1=CC3C=C4OC(C(=O)OCc5ccccc5)(C(=O)OCc5ccccc5)c5cc(/C=C6\C(=O)C(=O)c7ccc(C(F)(F)F)cc76)sc5C4=CC3C=C1OC2(C(=O)OCc1ccccc1)C(=O)OCc1ccccc1. The molecule has 2 atom stereocenters. The molecule has 14 nitrogen and oxygen atoms in total. The molecule has 2 aromatic heterocycles. The maximum Gasteiger partial charge on any atom is 0.416 e. The fraction of sp³-hybridized carbons (Fsp3) is 0.135. The molecule has 478 valence electrons. The van der Waals surface area contributed by atoms with Gasteiger partial charge in [-0.05, 0) is 106 Å². The Bertz CT molecular complexity index is 4440. The van der Waals surface area contributed by atoms with Gasteiger partial charge >= 0.3 is 47.4 Å². The Hall–Kier alpha value is -11.1. The third-order valence-electron chi connectivity index (χ3n) is 16.9. The lowest BCUT2D eigenvalue weighted by Gasteiger charge is -2.41. The van der Waals surface area contributed by atoms with Gasteiger partial charge in [-0.3, -0.25) is 19.2 Å². The van der Waals surface area contributed by atoms with Crippen molar-refractivity contribution >= 4 is 104 Å². The summed E-state index contributed by atoms with van der Waals surface area (Å²) in [6, 6.07) is 41.1. The molecular weight excluding hydrogens is 1290 g/mol. The van der Waals surface area contributed by atoms with E-state index in [9.17, 15) is 45.5 Å². The predicted octanol–water partition coefficient (Wildman–Crippen LogP) is 14.4. The van der Waals surface area contributed by atoms with Gasteiger partial charge in [0.15, 0.2) is 0 Å². The summed E-state index contributed by atoms with van der Waals surface area (Å²) >= 11 is 1.76. The van der Waals surface area contributed by atoms with Gasteiger partial charge in [-0.1, -0.05) is 133 Å². The molecule has 0 spiro atoms. The predicted molar refractivity (Wildman–Crippen MR) is 336 cm³/mol. The highest BCUT2D eigenvalue weighted by atomic mass is 32.1. The van der Waals surface area contributed by atoms with Gasteiger partial charge in [-0.15, -0.1) is 22.7 Å². The van der Waals surface area contributed by atoms with Gasteiger partial charge in [-0.2, -0.15) is 26.3 Å². The van der Waals surface area contributed by atoms with Gasteiger partial charge in [0, 0.05) is 75.9 Å². The van der Waals surface area contributed by atoms with E-state index in [1.165, 1.54) is 24.3 Å². The Morgan fingerprint density at radius 3 is 1.02 bits per heavy atom. The smallest absolute Gasteiger partial charge is 0.416 e. The van der Waals surface area contributed by atoms with Crippen LogP contribution in [0.4, 0.5) is 26.3 Å². The highest BCUT2D eigenvalue weighted by Crippen LogP contribution is 2.57. The first-order valence-electron chi connectivity index (χ1n) is 29.5. The number of hydrogen-bond acceptors (Lipinski definition) is 16. The number of carbonyl (C=O) groups excluding carboxylic acids is 8. The van der Waals surface area contributed by atoms with Crippen molar-refractivity contribution in [3.8, 4) is 0 Å². The number of alkyl halides is 6. The number of esters is 4. The van der Waals surface area contributed by atoms with Crippen LogP contribution in [0.1, 0.15) is 95.9 Å². The zero-order valence-electron chi connectivity index (χ0n) is 49.4. The van der Waals surface area contributed by atoms with E-state index in [0.29, 0.717) is 46.5 Å². The van der Waals surface area contributed by atoms with Crippen LogP contribution in [-0.2, 0) is 107 Å². The van der Waals surface area contributed by atoms with Crippen LogP contribution in [-0.4, -0.2) is 47.0 Å². The third kappa shape index (κ3) is 11.0. The van der Waals surface area contributed by atoms with Crippen molar-refractivity contribution in [1.82, 2.24) is 0 Å². The highest BCUT2D eigenvalue weighted by molar-refractivity contribution is 7.15. The number of carbonyl (C=O) groups is 8. The molecular formula is C74H44F6O14S2. The number of ketones is 4. The van der Waals surface area contributed by atoms with Gasteiger partial charge in [-0.25, -0.2) is 19.2 Å². The van der Waals surface area contributed by atoms with Gasteiger partial charge in [0.1, 0.15) is 37.9 Å². The number of fused-ring (bicyclic) bond motifs is 9. The van der Waals surface area contributed by atoms with Crippen molar-refractivity contribution in [3.63, 3.8) is 0 Å². The molecule has 6 aromatic carbocycles. The van der Waals surface area contributed by atoms with Crippen LogP contribution in [0.15, 0.2) is 206 Å². The molecule has 0 fully saturated rings. The van der Waals surface area contributed by atoms with Gasteiger partial charge < -0.3 is 28.4 Å². The summed E-state index contributed by atoms with van der Waals surface area (Å²) in [5, 5.41) is 0. The lowest BCUT2D eigenvalue weighted by atomic mass is 9.75. The standard InChI is InChI=1S/C74H44F6O14S2/c75-73(76,77)45-21-23-49-51(29-45)53(63(83)61(49)81)31-47-33-57-65(95-47)55-25-44-28-60-56(26-43(44)27-59(55)93-71(57,67(85)89-35-39-13-5-1-6-14-39)68(86)90-36-40-15-7-2-8-16-40)66-58(34-48(96-66)32-54-52-30-46(74(78,79)80)22-24-50(52)62(82)64(54)84)72(94-60,69(87)91-37-41-17-9-3-10-18-41)70(88)92-38-42-19-11-4-12-20-42/h1-34,43-44H,35-38H2/b53-31-,54-32-. The maximum atomic E-state index is 15.3. The molecule has 22 heteroatoms. The number of Topliss-reactive ketones (excluding diaryl/α,β-unsaturated/α-hetero) is 4. The molecule has 0 radical (unpaired) electrons. The summed E-state index contributed by atoms with van der Waals surface area (Å²) in [5.41, 5.74) is -7.86. The summed E-state index contributed by atoms with van der Waals surface area (Å²) in [4.78, 5) is 116. The van der Waals surface area contributed by atoms with Crippen LogP contribution in [0, 0.1) is 11.8 Å². The van der Waals surface area contributed by atoms with Crippen LogP contribution in [0.3, 0.4) is 0 Å². The monoisotopic (exact) mass is 1330 g/mol. The summed E-state index contributed by atoms with van der Waals surface area (Å²) < 4.78 is 123. The zero-order valence-corrected chi connectivity index (χ0v) is 51.0. The Morgan fingerprint density at radius 1 is 0.406 bits per heavy atom. The van der Waals surface area contributed by atoms with Crippen molar-refractivity contribution in [2.24, 2.45) is 11.8 Å². The van der Waals surface area contributed by atoms with E-state index in [1.54, 1.807) is 146 Å². The minimum Gasteiger partial charge on any atom is -0.459 e. The Balaban J connectivity index is 0.942. The summed E-state index contributed by atoms with van der Waals surface area (Å²) in [6.07, 6.45) is -0.859. The normalized spacial score (nSPS) is 18.5. The first-order valence-corrected chi connectivity index (χ1v) is 31.2. The highest BCUT2D eigenvalue weighted by Gasteiger charge is 2.62. The molecule has 6 aliphatic rings. The van der Waals surface area contributed by atoms with Crippen LogP contribution in [0.5, 0.6) is 0 Å². The lowest BCUT2D eigenvalue weighted by molar-refractivity contribution is -0.191. The largest absolute Gasteiger partial charge is 0.459 e. The quantitative estimate of drug-likeness (QED) is 0.0249. The van der Waals surface area contributed by atoms with E-state index in [1.807, 2.05) is 0 Å². The van der Waals surface area contributed by atoms with E-state index in [-0.39, 0.29) is 102 Å². The topological polar surface area (TPSA) is 192 Å². The van der Waals surface area contributed by atoms with Crippen LogP contribution in [0.25, 0.3) is 34.4 Å². The maximum absolute atomic E-state index is 15.3. The van der Waals surface area contributed by atoms with E-state index in [4.69, 9.17) is 28.4 Å². The number of hydrogen-bond donors (Lipinski definition) is 0. The fourth-order valence-corrected chi connectivity index (χ4v) is 14.5. The summed E-state index contributed by atoms with van der Waals surface area (Å²) in [6.45, 7) is -1.55. The second-order valence-electron chi connectivity index (χ2n) is 22.9. The van der Waals surface area contributed by atoms with Crippen LogP contribution in [0.2, 0.25) is 0 Å². The molecule has 4 aliphatic carbocycles. The number of halogens is 6. The molecule has 2 unspecified atom stereocenters. The molecule has 8 aromatic rings. The van der Waals surface area contributed by atoms with E-state index in [2.05, 4.69) is 0 Å². The molecule has 4 heterocycles. The van der Waals surface area contributed by atoms with E-state index >= 15 is 19.2 Å². The minimum atomic E-state index is -4.87. The van der Waals surface area contributed by atoms with E-state index < -0.39 is 105 Å². The third-order valence-corrected chi connectivity index (χ3v) is 19.1. The molecule has 0 bridgehead atoms. The molecule has 96 heavy (non-hydrogen) atoms. The minimum absolute atomic E-state index is 0.0573. The molecule has 0 N–H and O–H groups in total. The second-order valence-corrected chi connectivity index (χ2v) is 25.1.